The summed E-state index contributed by atoms with van der Waals surface area (Å²) in [6.07, 6.45) is 3.41. The molecule has 0 spiro atoms. The van der Waals surface area contributed by atoms with E-state index in [1.54, 1.807) is 19.4 Å². The molecule has 1 atom stereocenters. The topological polar surface area (TPSA) is 55.1 Å². The van der Waals surface area contributed by atoms with Gasteiger partial charge in [-0.25, -0.2) is 4.98 Å². The van der Waals surface area contributed by atoms with Crippen LogP contribution < -0.4 is 0 Å². The predicted octanol–water partition coefficient (Wildman–Crippen LogP) is 2.37. The van der Waals surface area contributed by atoms with E-state index in [0.717, 1.165) is 11.3 Å². The molecule has 1 aromatic carbocycles. The molecule has 88 valence electrons. The number of aliphatic carboxylic acids is 1. The molecule has 2 rings (SSSR count). The molecule has 0 saturated heterocycles. The Hall–Kier alpha value is -2.10. The van der Waals surface area contributed by atoms with Gasteiger partial charge in [-0.15, -0.1) is 0 Å². The molecule has 4 nitrogen and oxygen atoms in total. The second-order valence-electron chi connectivity index (χ2n) is 4.05. The van der Waals surface area contributed by atoms with E-state index in [1.165, 1.54) is 0 Å². The fraction of sp³-hybridized carbons (Fsp3) is 0.231. The lowest BCUT2D eigenvalue weighted by atomic mass is 10.1. The van der Waals surface area contributed by atoms with Gasteiger partial charge in [0.1, 0.15) is 0 Å². The predicted molar refractivity (Wildman–Crippen MR) is 64.4 cm³/mol. The molecule has 0 amide bonds. The first-order chi connectivity index (χ1) is 8.09. The van der Waals surface area contributed by atoms with Gasteiger partial charge in [0.2, 0.25) is 0 Å². The van der Waals surface area contributed by atoms with E-state index in [-0.39, 0.29) is 0 Å². The van der Waals surface area contributed by atoms with E-state index >= 15 is 0 Å². The number of hydrogen-bond acceptors (Lipinski definition) is 2. The highest BCUT2D eigenvalue weighted by atomic mass is 16.4. The Morgan fingerprint density at radius 1 is 1.41 bits per heavy atom. The van der Waals surface area contributed by atoms with Crippen molar-refractivity contribution in [2.75, 3.05) is 0 Å². The van der Waals surface area contributed by atoms with Gasteiger partial charge in [-0.05, 0) is 25.5 Å². The van der Waals surface area contributed by atoms with E-state index in [0.29, 0.717) is 5.69 Å². The fourth-order valence-electron chi connectivity index (χ4n) is 1.67. The highest BCUT2D eigenvalue weighted by Crippen LogP contribution is 2.17. The zero-order valence-corrected chi connectivity index (χ0v) is 9.79. The highest BCUT2D eigenvalue weighted by Gasteiger charge is 2.16. The van der Waals surface area contributed by atoms with Crippen molar-refractivity contribution < 1.29 is 9.90 Å². The second kappa shape index (κ2) is 4.41. The number of aryl methyl sites for hydroxylation is 1. The first-order valence-corrected chi connectivity index (χ1v) is 5.42. The summed E-state index contributed by atoms with van der Waals surface area (Å²) in [6, 6.07) is 7.90. The van der Waals surface area contributed by atoms with Crippen molar-refractivity contribution in [2.45, 2.75) is 19.8 Å². The van der Waals surface area contributed by atoms with Gasteiger partial charge in [0.15, 0.2) is 0 Å². The SMILES string of the molecule is Cc1ccccc1-n1cnc(C(C)C(=O)O)c1. The number of benzene rings is 1. The van der Waals surface area contributed by atoms with Crippen molar-refractivity contribution in [1.82, 2.24) is 9.55 Å². The van der Waals surface area contributed by atoms with E-state index in [4.69, 9.17) is 5.11 Å². The number of carbonyl (C=O) groups is 1. The molecule has 0 bridgehead atoms. The summed E-state index contributed by atoms with van der Waals surface area (Å²) in [5.74, 6) is -1.44. The van der Waals surface area contributed by atoms with Crippen LogP contribution in [0.5, 0.6) is 0 Å². The van der Waals surface area contributed by atoms with E-state index in [9.17, 15) is 4.79 Å². The molecule has 0 aliphatic rings. The molecule has 0 radical (unpaired) electrons. The average Bonchev–Trinajstić information content (AvgIpc) is 2.77. The van der Waals surface area contributed by atoms with Crippen molar-refractivity contribution in [2.24, 2.45) is 0 Å². The summed E-state index contributed by atoms with van der Waals surface area (Å²) >= 11 is 0. The zero-order valence-electron chi connectivity index (χ0n) is 9.79. The van der Waals surface area contributed by atoms with Crippen molar-refractivity contribution in [3.63, 3.8) is 0 Å². The smallest absolute Gasteiger partial charge is 0.312 e. The molecule has 4 heteroatoms. The second-order valence-corrected chi connectivity index (χ2v) is 4.05. The summed E-state index contributed by atoms with van der Waals surface area (Å²) < 4.78 is 1.85. The monoisotopic (exact) mass is 230 g/mol. The molecule has 0 fully saturated rings. The van der Waals surface area contributed by atoms with Crippen LogP contribution in [-0.4, -0.2) is 20.6 Å². The van der Waals surface area contributed by atoms with Crippen LogP contribution in [0.15, 0.2) is 36.8 Å². The van der Waals surface area contributed by atoms with E-state index in [1.807, 2.05) is 35.8 Å². The van der Waals surface area contributed by atoms with Gasteiger partial charge < -0.3 is 9.67 Å². The fourth-order valence-corrected chi connectivity index (χ4v) is 1.67. The number of hydrogen-bond donors (Lipinski definition) is 1. The van der Waals surface area contributed by atoms with Gasteiger partial charge in [0, 0.05) is 11.9 Å². The summed E-state index contributed by atoms with van der Waals surface area (Å²) in [7, 11) is 0. The summed E-state index contributed by atoms with van der Waals surface area (Å²) in [5, 5.41) is 8.92. The highest BCUT2D eigenvalue weighted by molar-refractivity contribution is 5.74. The Labute approximate surface area is 99.5 Å². The van der Waals surface area contributed by atoms with Crippen molar-refractivity contribution in [3.8, 4) is 5.69 Å². The summed E-state index contributed by atoms with van der Waals surface area (Å²) in [6.45, 7) is 3.64. The molecular weight excluding hydrogens is 216 g/mol. The Morgan fingerprint density at radius 3 is 2.76 bits per heavy atom. The third kappa shape index (κ3) is 2.20. The molecule has 1 N–H and O–H groups in total. The lowest BCUT2D eigenvalue weighted by Crippen LogP contribution is -2.07. The van der Waals surface area contributed by atoms with Crippen LogP contribution in [0.25, 0.3) is 5.69 Å². The number of para-hydroxylation sites is 1. The number of carboxylic acid groups (broad SMARTS) is 1. The first kappa shape index (κ1) is 11.4. The van der Waals surface area contributed by atoms with E-state index in [2.05, 4.69) is 4.98 Å². The van der Waals surface area contributed by atoms with Crippen LogP contribution in [0.1, 0.15) is 24.1 Å². The van der Waals surface area contributed by atoms with Gasteiger partial charge in [0.25, 0.3) is 0 Å². The molecule has 1 heterocycles. The normalized spacial score (nSPS) is 12.4. The quantitative estimate of drug-likeness (QED) is 0.880. The lowest BCUT2D eigenvalue weighted by molar-refractivity contribution is -0.138. The number of nitrogens with zero attached hydrogens (tertiary/aromatic N) is 2. The number of imidazole rings is 1. The maximum Gasteiger partial charge on any atom is 0.312 e. The Balaban J connectivity index is 2.37. The minimum absolute atomic E-state index is 0.570. The molecular formula is C13H14N2O2. The molecule has 1 unspecified atom stereocenters. The van der Waals surface area contributed by atoms with Gasteiger partial charge in [-0.1, -0.05) is 18.2 Å². The zero-order chi connectivity index (χ0) is 12.4. The van der Waals surface area contributed by atoms with Crippen LogP contribution in [0, 0.1) is 6.92 Å². The van der Waals surface area contributed by atoms with Gasteiger partial charge in [0.05, 0.1) is 17.9 Å². The van der Waals surface area contributed by atoms with Crippen LogP contribution in [0.2, 0.25) is 0 Å². The Bertz CT molecular complexity index is 546. The Morgan fingerprint density at radius 2 is 2.12 bits per heavy atom. The number of rotatable bonds is 3. The largest absolute Gasteiger partial charge is 0.481 e. The number of carboxylic acids is 1. The van der Waals surface area contributed by atoms with Crippen LogP contribution in [0.3, 0.4) is 0 Å². The maximum atomic E-state index is 10.9. The standard InChI is InChI=1S/C13H14N2O2/c1-9-5-3-4-6-12(9)15-7-11(14-8-15)10(2)13(16)17/h3-8,10H,1-2H3,(H,16,17). The van der Waals surface area contributed by atoms with Gasteiger partial charge >= 0.3 is 5.97 Å². The third-order valence-corrected chi connectivity index (χ3v) is 2.81. The van der Waals surface area contributed by atoms with Crippen LogP contribution in [-0.2, 0) is 4.79 Å². The van der Waals surface area contributed by atoms with Gasteiger partial charge in [-0.3, -0.25) is 4.79 Å². The van der Waals surface area contributed by atoms with Crippen LogP contribution >= 0.6 is 0 Å². The van der Waals surface area contributed by atoms with Crippen molar-refractivity contribution in [1.29, 1.82) is 0 Å². The number of aromatic nitrogens is 2. The maximum absolute atomic E-state index is 10.9. The molecule has 17 heavy (non-hydrogen) atoms. The van der Waals surface area contributed by atoms with Crippen molar-refractivity contribution >= 4 is 5.97 Å². The molecule has 0 aliphatic carbocycles. The molecule has 1 aromatic heterocycles. The van der Waals surface area contributed by atoms with E-state index < -0.39 is 11.9 Å². The van der Waals surface area contributed by atoms with Gasteiger partial charge in [-0.2, -0.15) is 0 Å². The minimum atomic E-state index is -0.861. The summed E-state index contributed by atoms with van der Waals surface area (Å²) in [5.41, 5.74) is 2.71. The summed E-state index contributed by atoms with van der Waals surface area (Å²) in [4.78, 5) is 15.0. The van der Waals surface area contributed by atoms with Crippen LogP contribution in [0.4, 0.5) is 0 Å². The molecule has 0 saturated carbocycles. The third-order valence-electron chi connectivity index (χ3n) is 2.81. The lowest BCUT2D eigenvalue weighted by Gasteiger charge is -2.05. The average molecular weight is 230 g/mol. The molecule has 2 aromatic rings. The first-order valence-electron chi connectivity index (χ1n) is 5.42. The van der Waals surface area contributed by atoms with Crippen molar-refractivity contribution in [3.05, 3.63) is 48.0 Å². The Kier molecular flexibility index (Phi) is 2.95. The molecule has 0 aliphatic heterocycles. The minimum Gasteiger partial charge on any atom is -0.481 e.